The van der Waals surface area contributed by atoms with Gasteiger partial charge in [-0.25, -0.2) is 9.18 Å². The normalized spacial score (nSPS) is 21.8. The number of halogens is 1. The number of nitrogens with zero attached hydrogens (tertiary/aromatic N) is 4. The molecule has 0 saturated carbocycles. The molecule has 0 aromatic heterocycles. The molecule has 8 amide bonds. The fraction of sp³-hybridized carbons (Fsp3) is 0.522. The zero-order valence-corrected chi connectivity index (χ0v) is 36.3. The van der Waals surface area contributed by atoms with Crippen molar-refractivity contribution in [1.29, 1.82) is 0 Å². The van der Waals surface area contributed by atoms with Crippen molar-refractivity contribution in [1.82, 2.24) is 36.0 Å². The molecule has 7 rings (SSSR count). The fourth-order valence-corrected chi connectivity index (χ4v) is 9.15. The molecule has 5 aliphatic rings. The van der Waals surface area contributed by atoms with Gasteiger partial charge >= 0.3 is 6.09 Å². The monoisotopic (exact) mass is 884 g/mol. The lowest BCUT2D eigenvalue weighted by molar-refractivity contribution is -0.136. The number of amides is 8. The van der Waals surface area contributed by atoms with E-state index in [1.54, 1.807) is 11.0 Å². The van der Waals surface area contributed by atoms with Crippen LogP contribution in [0.5, 0.6) is 0 Å². The number of imide groups is 2. The summed E-state index contributed by atoms with van der Waals surface area (Å²) in [6.45, 7) is 8.65. The van der Waals surface area contributed by atoms with Gasteiger partial charge in [-0.1, -0.05) is 50.3 Å². The summed E-state index contributed by atoms with van der Waals surface area (Å²) in [4.78, 5) is 110. The Bertz CT molecular complexity index is 2150. The SMILES string of the molecule is CC(C)C[C@H](NC(=O)OCc1ccccc1)C(=O)NC(/C=C/C(=O)N1CCN(CC2CCN(c3cc4c(cc3F)C(=O)N(C3CCC(=O)NC3=O)C4=O)CC2)CC1)C[C@@H]1CCNC1=O. The zero-order valence-electron chi connectivity index (χ0n) is 36.3. The number of carbonyl (C=O) groups is 8. The number of ether oxygens (including phenoxy) is 1. The number of nitrogens with one attached hydrogen (secondary N) is 4. The third kappa shape index (κ3) is 11.1. The van der Waals surface area contributed by atoms with Gasteiger partial charge in [0, 0.05) is 76.8 Å². The second-order valence-electron chi connectivity index (χ2n) is 17.7. The van der Waals surface area contributed by atoms with Crippen LogP contribution in [0.15, 0.2) is 54.6 Å². The standard InChI is InChI=1S/C46H57FN8O9/c1-28(2)22-36(50-46(63)64-27-30-6-4-3-5-7-30)42(59)49-32(23-31-12-15-48-41(31)58)8-11-40(57)54-20-18-52(19-21-54)26-29-13-16-53(17-14-29)38-25-34-33(24-35(38)47)44(61)55(45(34)62)37-9-10-39(56)51-43(37)60/h3-8,11,24-25,28-29,31-32,36-37H,9-10,12-23,26-27H2,1-2H3,(H,48,58)(H,49,59)(H,50,63)(H,51,56,60)/b11-8+/t31-,32?,36-,37?/m0/s1. The highest BCUT2D eigenvalue weighted by molar-refractivity contribution is 6.23. The number of fused-ring (bicyclic) bond motifs is 1. The average molecular weight is 885 g/mol. The fourth-order valence-electron chi connectivity index (χ4n) is 9.15. The number of rotatable bonds is 15. The number of piperazine rings is 1. The van der Waals surface area contributed by atoms with E-state index in [0.717, 1.165) is 35.9 Å². The van der Waals surface area contributed by atoms with Gasteiger partial charge in [0.05, 0.1) is 16.8 Å². The second-order valence-corrected chi connectivity index (χ2v) is 17.7. The Morgan fingerprint density at radius 2 is 1.58 bits per heavy atom. The van der Waals surface area contributed by atoms with Gasteiger partial charge < -0.3 is 30.5 Å². The number of hydrogen-bond acceptors (Lipinski definition) is 11. The molecule has 2 unspecified atom stereocenters. The first-order valence-electron chi connectivity index (χ1n) is 22.3. The molecule has 0 spiro atoms. The van der Waals surface area contributed by atoms with Crippen LogP contribution in [0.2, 0.25) is 0 Å². The highest BCUT2D eigenvalue weighted by Crippen LogP contribution is 2.34. The molecule has 0 aliphatic carbocycles. The van der Waals surface area contributed by atoms with Crippen LogP contribution in [0, 0.1) is 23.6 Å². The van der Waals surface area contributed by atoms with Crippen molar-refractivity contribution >= 4 is 53.1 Å². The number of benzene rings is 2. The van der Waals surface area contributed by atoms with Crippen molar-refractivity contribution in [2.45, 2.75) is 83.5 Å². The molecule has 342 valence electrons. The first-order valence-corrected chi connectivity index (χ1v) is 22.3. The number of carbonyl (C=O) groups excluding carboxylic acids is 8. The van der Waals surface area contributed by atoms with Gasteiger partial charge in [-0.3, -0.25) is 48.7 Å². The minimum absolute atomic E-state index is 0.00646. The molecular formula is C46H57FN8O9. The summed E-state index contributed by atoms with van der Waals surface area (Å²) < 4.78 is 20.9. The first-order chi connectivity index (χ1) is 30.7. The van der Waals surface area contributed by atoms with Gasteiger partial charge in [-0.15, -0.1) is 0 Å². The smallest absolute Gasteiger partial charge is 0.408 e. The minimum Gasteiger partial charge on any atom is -0.445 e. The summed E-state index contributed by atoms with van der Waals surface area (Å²) in [6.07, 6.45) is 5.16. The quantitative estimate of drug-likeness (QED) is 0.151. The second kappa shape index (κ2) is 20.6. The maximum atomic E-state index is 15.5. The van der Waals surface area contributed by atoms with Gasteiger partial charge in [0.2, 0.25) is 29.5 Å². The van der Waals surface area contributed by atoms with Crippen molar-refractivity contribution in [3.8, 4) is 0 Å². The van der Waals surface area contributed by atoms with Crippen LogP contribution in [0.3, 0.4) is 0 Å². The molecule has 2 aromatic carbocycles. The molecular weight excluding hydrogens is 828 g/mol. The highest BCUT2D eigenvalue weighted by atomic mass is 19.1. The van der Waals surface area contributed by atoms with E-state index in [-0.39, 0.29) is 59.9 Å². The highest BCUT2D eigenvalue weighted by Gasteiger charge is 2.45. The molecule has 0 radical (unpaired) electrons. The lowest BCUT2D eigenvalue weighted by Crippen LogP contribution is -2.54. The van der Waals surface area contributed by atoms with E-state index in [1.807, 2.05) is 49.1 Å². The van der Waals surface area contributed by atoms with E-state index >= 15 is 4.39 Å². The molecule has 0 bridgehead atoms. The van der Waals surface area contributed by atoms with Gasteiger partial charge in [-0.05, 0) is 68.1 Å². The minimum atomic E-state index is -1.13. The van der Waals surface area contributed by atoms with Crippen molar-refractivity contribution in [2.75, 3.05) is 57.3 Å². The number of anilines is 1. The maximum Gasteiger partial charge on any atom is 0.408 e. The molecule has 64 heavy (non-hydrogen) atoms. The van der Waals surface area contributed by atoms with Gasteiger partial charge in [0.15, 0.2) is 0 Å². The maximum absolute atomic E-state index is 15.5. The lowest BCUT2D eigenvalue weighted by atomic mass is 9.95. The number of hydrogen-bond donors (Lipinski definition) is 4. The summed E-state index contributed by atoms with van der Waals surface area (Å²) in [5, 5.41) is 10.7. The van der Waals surface area contributed by atoms with Gasteiger partial charge in [0.25, 0.3) is 11.8 Å². The molecule has 4 atom stereocenters. The summed E-state index contributed by atoms with van der Waals surface area (Å²) in [5.41, 5.74) is 0.979. The molecule has 5 heterocycles. The first kappa shape index (κ1) is 45.8. The van der Waals surface area contributed by atoms with E-state index in [2.05, 4.69) is 26.2 Å². The van der Waals surface area contributed by atoms with Crippen molar-refractivity contribution < 1.29 is 47.5 Å². The number of alkyl carbamates (subject to hydrolysis) is 1. The summed E-state index contributed by atoms with van der Waals surface area (Å²) in [6, 6.07) is 9.01. The molecule has 4 fully saturated rings. The average Bonchev–Trinajstić information content (AvgIpc) is 3.79. The Kier molecular flexibility index (Phi) is 14.7. The molecule has 2 aromatic rings. The predicted octanol–water partition coefficient (Wildman–Crippen LogP) is 2.50. The molecule has 18 heteroatoms. The Hall–Kier alpha value is -6.17. The zero-order chi connectivity index (χ0) is 45.5. The number of piperidine rings is 2. The molecule has 4 saturated heterocycles. The summed E-state index contributed by atoms with van der Waals surface area (Å²) in [5.74, 6) is -3.95. The Labute approximate surface area is 371 Å². The summed E-state index contributed by atoms with van der Waals surface area (Å²) in [7, 11) is 0. The van der Waals surface area contributed by atoms with Crippen LogP contribution in [-0.2, 0) is 35.3 Å². The van der Waals surface area contributed by atoms with Gasteiger partial charge in [0.1, 0.15) is 24.5 Å². The lowest BCUT2D eigenvalue weighted by Gasteiger charge is -2.39. The van der Waals surface area contributed by atoms with Crippen LogP contribution < -0.4 is 26.2 Å². The third-order valence-electron chi connectivity index (χ3n) is 12.7. The Morgan fingerprint density at radius 3 is 2.23 bits per heavy atom. The predicted molar refractivity (Wildman–Crippen MR) is 231 cm³/mol. The van der Waals surface area contributed by atoms with Crippen LogP contribution in [0.4, 0.5) is 14.9 Å². The van der Waals surface area contributed by atoms with Gasteiger partial charge in [-0.2, -0.15) is 0 Å². The molecule has 4 N–H and O–H groups in total. The van der Waals surface area contributed by atoms with Crippen molar-refractivity contribution in [2.24, 2.45) is 17.8 Å². The van der Waals surface area contributed by atoms with Crippen molar-refractivity contribution in [3.63, 3.8) is 0 Å². The van der Waals surface area contributed by atoms with Crippen LogP contribution >= 0.6 is 0 Å². The van der Waals surface area contributed by atoms with Crippen molar-refractivity contribution in [3.05, 3.63) is 77.1 Å². The molecule has 5 aliphatic heterocycles. The summed E-state index contributed by atoms with van der Waals surface area (Å²) >= 11 is 0. The van der Waals surface area contributed by atoms with Crippen LogP contribution in [0.1, 0.15) is 85.1 Å². The topological polar surface area (TPSA) is 207 Å². The van der Waals surface area contributed by atoms with E-state index in [1.165, 1.54) is 12.1 Å². The van der Waals surface area contributed by atoms with Crippen LogP contribution in [-0.4, -0.2) is 133 Å². The largest absolute Gasteiger partial charge is 0.445 e. The van der Waals surface area contributed by atoms with E-state index in [9.17, 15) is 38.4 Å². The van der Waals surface area contributed by atoms with E-state index in [4.69, 9.17) is 4.74 Å². The third-order valence-corrected chi connectivity index (χ3v) is 12.7. The Morgan fingerprint density at radius 1 is 0.875 bits per heavy atom. The molecule has 17 nitrogen and oxygen atoms in total. The van der Waals surface area contributed by atoms with E-state index in [0.29, 0.717) is 71.0 Å². The van der Waals surface area contributed by atoms with Crippen LogP contribution in [0.25, 0.3) is 0 Å². The Balaban J connectivity index is 0.889. The van der Waals surface area contributed by atoms with E-state index < -0.39 is 59.6 Å².